The zero-order valence-corrected chi connectivity index (χ0v) is 15.0. The molecule has 1 aliphatic carbocycles. The average Bonchev–Trinajstić information content (AvgIpc) is 2.97. The fourth-order valence-corrected chi connectivity index (χ4v) is 3.31. The van der Waals surface area contributed by atoms with E-state index in [9.17, 15) is 14.0 Å². The molecule has 0 spiro atoms. The molecule has 7 heteroatoms. The van der Waals surface area contributed by atoms with Crippen LogP contribution < -0.4 is 11.1 Å². The smallest absolute Gasteiger partial charge is 0.239 e. The third-order valence-corrected chi connectivity index (χ3v) is 4.90. The molecule has 0 unspecified atom stereocenters. The largest absolute Gasteiger partial charge is 0.368 e. The van der Waals surface area contributed by atoms with Gasteiger partial charge in [-0.1, -0.05) is 12.1 Å². The molecule has 138 valence electrons. The number of hydrogen-bond donors (Lipinski definition) is 2. The number of amides is 2. The number of rotatable bonds is 5. The molecule has 0 fully saturated rings. The Kier molecular flexibility index (Phi) is 4.80. The molecule has 0 radical (unpaired) electrons. The summed E-state index contributed by atoms with van der Waals surface area (Å²) in [6.45, 7) is 3.64. The third kappa shape index (κ3) is 3.61. The van der Waals surface area contributed by atoms with Crippen molar-refractivity contribution in [2.75, 3.05) is 0 Å². The zero-order valence-electron chi connectivity index (χ0n) is 15.0. The zero-order chi connectivity index (χ0) is 18.9. The van der Waals surface area contributed by atoms with Gasteiger partial charge in [0.15, 0.2) is 0 Å². The van der Waals surface area contributed by atoms with E-state index >= 15 is 0 Å². The predicted molar refractivity (Wildman–Crippen MR) is 94.7 cm³/mol. The maximum Gasteiger partial charge on any atom is 0.239 e. The van der Waals surface area contributed by atoms with Crippen molar-refractivity contribution in [2.45, 2.75) is 51.1 Å². The molecule has 1 aliphatic rings. The van der Waals surface area contributed by atoms with Crippen LogP contribution in [0.5, 0.6) is 0 Å². The van der Waals surface area contributed by atoms with Gasteiger partial charge in [0.05, 0.1) is 17.2 Å². The summed E-state index contributed by atoms with van der Waals surface area (Å²) < 4.78 is 14.7. The van der Waals surface area contributed by atoms with Gasteiger partial charge in [-0.25, -0.2) is 4.39 Å². The van der Waals surface area contributed by atoms with Crippen molar-refractivity contribution in [1.82, 2.24) is 15.1 Å². The standard InChI is InChI=1S/C19H23FN4O2/c1-19(2,13-6-8-14(20)9-7-13)18(26)22-15-5-3-4-12-10-24(11-16(21)25)23-17(12)15/h6-10,15H,3-5,11H2,1-2H3,(H2,21,25)(H,22,26)/t15-/m1/s1. The first kappa shape index (κ1) is 18.1. The summed E-state index contributed by atoms with van der Waals surface area (Å²) in [5.74, 6) is -0.934. The maximum atomic E-state index is 13.2. The van der Waals surface area contributed by atoms with E-state index in [2.05, 4.69) is 10.4 Å². The van der Waals surface area contributed by atoms with Gasteiger partial charge in [-0.2, -0.15) is 5.10 Å². The van der Waals surface area contributed by atoms with Crippen LogP contribution in [0, 0.1) is 5.82 Å². The van der Waals surface area contributed by atoms with Gasteiger partial charge >= 0.3 is 0 Å². The number of carbonyl (C=O) groups is 2. The van der Waals surface area contributed by atoms with Crippen LogP contribution in [-0.4, -0.2) is 21.6 Å². The van der Waals surface area contributed by atoms with Crippen LogP contribution in [-0.2, 0) is 28.0 Å². The summed E-state index contributed by atoms with van der Waals surface area (Å²) in [6.07, 6.45) is 4.40. The van der Waals surface area contributed by atoms with Gasteiger partial charge in [-0.15, -0.1) is 0 Å². The first-order valence-electron chi connectivity index (χ1n) is 8.69. The molecule has 3 N–H and O–H groups in total. The molecule has 26 heavy (non-hydrogen) atoms. The number of aryl methyl sites for hydroxylation is 1. The van der Waals surface area contributed by atoms with Crippen LogP contribution in [0.1, 0.15) is 49.6 Å². The number of nitrogens with zero attached hydrogens (tertiary/aromatic N) is 2. The predicted octanol–water partition coefficient (Wildman–Crippen LogP) is 1.98. The Morgan fingerprint density at radius 2 is 2.04 bits per heavy atom. The Labute approximate surface area is 151 Å². The first-order chi connectivity index (χ1) is 12.3. The number of nitrogens with two attached hydrogens (primary N) is 1. The number of aromatic nitrogens is 2. The van der Waals surface area contributed by atoms with E-state index in [-0.39, 0.29) is 24.3 Å². The van der Waals surface area contributed by atoms with Crippen LogP contribution in [0.4, 0.5) is 4.39 Å². The van der Waals surface area contributed by atoms with E-state index in [1.165, 1.54) is 16.8 Å². The summed E-state index contributed by atoms with van der Waals surface area (Å²) in [4.78, 5) is 24.0. The minimum atomic E-state index is -0.804. The lowest BCUT2D eigenvalue weighted by atomic mass is 9.83. The van der Waals surface area contributed by atoms with Crippen LogP contribution in [0.25, 0.3) is 0 Å². The summed E-state index contributed by atoms with van der Waals surface area (Å²) in [6, 6.07) is 5.76. The van der Waals surface area contributed by atoms with E-state index in [0.29, 0.717) is 0 Å². The fraction of sp³-hybridized carbons (Fsp3) is 0.421. The van der Waals surface area contributed by atoms with Gasteiger partial charge in [-0.3, -0.25) is 14.3 Å². The molecule has 0 saturated carbocycles. The molecular weight excluding hydrogens is 335 g/mol. The molecule has 1 aromatic carbocycles. The minimum Gasteiger partial charge on any atom is -0.368 e. The van der Waals surface area contributed by atoms with E-state index < -0.39 is 11.3 Å². The Bertz CT molecular complexity index is 827. The molecule has 1 heterocycles. The van der Waals surface area contributed by atoms with Gasteiger partial charge in [0.1, 0.15) is 12.4 Å². The quantitative estimate of drug-likeness (QED) is 0.856. The Morgan fingerprint density at radius 3 is 2.69 bits per heavy atom. The van der Waals surface area contributed by atoms with Gasteiger partial charge in [0, 0.05) is 6.20 Å². The SMILES string of the molecule is CC(C)(C(=O)N[C@@H]1CCCc2cn(CC(N)=O)nc21)c1ccc(F)cc1. The highest BCUT2D eigenvalue weighted by Crippen LogP contribution is 2.31. The van der Waals surface area contributed by atoms with Crippen LogP contribution in [0.2, 0.25) is 0 Å². The van der Waals surface area contributed by atoms with Crippen molar-refractivity contribution in [1.29, 1.82) is 0 Å². The Hall–Kier alpha value is -2.70. The van der Waals surface area contributed by atoms with E-state index in [1.807, 2.05) is 20.0 Å². The lowest BCUT2D eigenvalue weighted by Gasteiger charge is -2.29. The minimum absolute atomic E-state index is 0.0226. The Morgan fingerprint density at radius 1 is 1.35 bits per heavy atom. The van der Waals surface area contributed by atoms with Gasteiger partial charge in [0.2, 0.25) is 11.8 Å². The number of fused-ring (bicyclic) bond motifs is 1. The second-order valence-corrected chi connectivity index (χ2v) is 7.25. The van der Waals surface area contributed by atoms with E-state index in [0.717, 1.165) is 36.1 Å². The highest BCUT2D eigenvalue weighted by Gasteiger charge is 2.33. The molecule has 2 amide bonds. The lowest BCUT2D eigenvalue weighted by molar-refractivity contribution is -0.126. The van der Waals surface area contributed by atoms with Crippen LogP contribution in [0.15, 0.2) is 30.5 Å². The number of benzene rings is 1. The molecule has 2 aromatic rings. The number of carbonyl (C=O) groups excluding carboxylic acids is 2. The van der Waals surface area contributed by atoms with E-state index in [4.69, 9.17) is 5.73 Å². The second-order valence-electron chi connectivity index (χ2n) is 7.25. The highest BCUT2D eigenvalue weighted by molar-refractivity contribution is 5.87. The number of primary amides is 1. The summed E-state index contributed by atoms with van der Waals surface area (Å²) in [5, 5.41) is 7.51. The molecule has 1 aromatic heterocycles. The Balaban J connectivity index is 1.79. The number of halogens is 1. The van der Waals surface area contributed by atoms with Crippen molar-refractivity contribution < 1.29 is 14.0 Å². The maximum absolute atomic E-state index is 13.2. The molecular formula is C19H23FN4O2. The molecule has 1 atom stereocenters. The lowest BCUT2D eigenvalue weighted by Crippen LogP contribution is -2.42. The number of hydrogen-bond acceptors (Lipinski definition) is 3. The monoisotopic (exact) mass is 358 g/mol. The highest BCUT2D eigenvalue weighted by atomic mass is 19.1. The second kappa shape index (κ2) is 6.90. The van der Waals surface area contributed by atoms with Crippen LogP contribution >= 0.6 is 0 Å². The molecule has 0 saturated heterocycles. The summed E-state index contributed by atoms with van der Waals surface area (Å²) >= 11 is 0. The molecule has 0 bridgehead atoms. The van der Waals surface area contributed by atoms with Gasteiger partial charge < -0.3 is 11.1 Å². The van der Waals surface area contributed by atoms with E-state index in [1.54, 1.807) is 12.1 Å². The average molecular weight is 358 g/mol. The van der Waals surface area contributed by atoms with Crippen molar-refractivity contribution in [2.24, 2.45) is 5.73 Å². The van der Waals surface area contributed by atoms with Crippen LogP contribution in [0.3, 0.4) is 0 Å². The third-order valence-electron chi connectivity index (χ3n) is 4.90. The normalized spacial score (nSPS) is 16.8. The fourth-order valence-electron chi connectivity index (χ4n) is 3.31. The summed E-state index contributed by atoms with van der Waals surface area (Å²) in [7, 11) is 0. The van der Waals surface area contributed by atoms with Crippen molar-refractivity contribution >= 4 is 11.8 Å². The summed E-state index contributed by atoms with van der Waals surface area (Å²) in [5.41, 5.74) is 6.99. The van der Waals surface area contributed by atoms with Gasteiger partial charge in [-0.05, 0) is 56.4 Å². The van der Waals surface area contributed by atoms with Crippen molar-refractivity contribution in [3.05, 3.63) is 53.1 Å². The molecule has 6 nitrogen and oxygen atoms in total. The molecule has 0 aliphatic heterocycles. The topological polar surface area (TPSA) is 90.0 Å². The van der Waals surface area contributed by atoms with Crippen molar-refractivity contribution in [3.8, 4) is 0 Å². The first-order valence-corrected chi connectivity index (χ1v) is 8.69. The van der Waals surface area contributed by atoms with Crippen molar-refractivity contribution in [3.63, 3.8) is 0 Å². The van der Waals surface area contributed by atoms with Gasteiger partial charge in [0.25, 0.3) is 0 Å². The molecule has 3 rings (SSSR count). The number of nitrogens with one attached hydrogen (secondary N) is 1.